The summed E-state index contributed by atoms with van der Waals surface area (Å²) < 4.78 is 189. The fourth-order valence-corrected chi connectivity index (χ4v) is 6.19. The summed E-state index contributed by atoms with van der Waals surface area (Å²) in [5, 5.41) is 8.61. The summed E-state index contributed by atoms with van der Waals surface area (Å²) in [4.78, 5) is 11.7. The van der Waals surface area contributed by atoms with Gasteiger partial charge in [-0.15, -0.1) is 0 Å². The molecule has 0 aliphatic heterocycles. The van der Waals surface area contributed by atoms with Crippen molar-refractivity contribution in [1.29, 1.82) is 0 Å². The monoisotopic (exact) mass is 1290 g/mol. The summed E-state index contributed by atoms with van der Waals surface area (Å²) in [5.74, 6) is -9.52. The first-order chi connectivity index (χ1) is 43.5. The van der Waals surface area contributed by atoms with E-state index in [2.05, 4.69) is 4.74 Å². The van der Waals surface area contributed by atoms with Gasteiger partial charge in [-0.3, -0.25) is 4.79 Å². The second kappa shape index (κ2) is 70.3. The van der Waals surface area contributed by atoms with E-state index < -0.39 is 41.4 Å². The molecule has 31 heteroatoms. The molecule has 0 amide bonds. The van der Waals surface area contributed by atoms with E-state index in [1.165, 1.54) is 0 Å². The minimum atomic E-state index is -1.80. The van der Waals surface area contributed by atoms with E-state index in [1.54, 1.807) is 0 Å². The Morgan fingerprint density at radius 1 is 0.239 bits per heavy atom. The van der Waals surface area contributed by atoms with Gasteiger partial charge in [0.05, 0.1) is 330 Å². The Morgan fingerprint density at radius 3 is 0.523 bits per heavy atom. The standard InChI is InChI=1S/C57H102F4O27/c58-52-51-53(59)56(61)57(55(52)60)88-54(63)1-3-64-5-7-66-9-11-68-13-15-70-17-19-72-21-23-74-25-27-76-29-31-78-33-35-80-37-39-82-41-43-84-45-47-86-49-50-87-48-46-85-44-42-83-40-38-81-36-34-79-32-30-77-28-26-75-24-22-73-20-18-71-16-14-69-12-10-67-8-6-65-4-2-62/h51,62H,1-50H2. The lowest BCUT2D eigenvalue weighted by Crippen LogP contribution is -2.16. The van der Waals surface area contributed by atoms with Gasteiger partial charge in [-0.05, 0) is 0 Å². The number of hydrogen-bond acceptors (Lipinski definition) is 27. The number of rotatable bonds is 75. The normalized spacial score (nSPS) is 11.7. The summed E-state index contributed by atoms with van der Waals surface area (Å²) in [6, 6.07) is 0.0160. The van der Waals surface area contributed by atoms with Gasteiger partial charge in [0.25, 0.3) is 0 Å². The maximum Gasteiger partial charge on any atom is 0.313 e. The van der Waals surface area contributed by atoms with Crippen molar-refractivity contribution in [3.8, 4) is 5.75 Å². The lowest BCUT2D eigenvalue weighted by molar-refractivity contribution is -0.136. The first-order valence-electron chi connectivity index (χ1n) is 30.0. The summed E-state index contributed by atoms with van der Waals surface area (Å²) in [6.07, 6.45) is -0.402. The number of hydrogen-bond donors (Lipinski definition) is 1. The molecule has 0 fully saturated rings. The number of ether oxygens (including phenoxy) is 25. The highest BCUT2D eigenvalue weighted by Gasteiger charge is 2.23. The van der Waals surface area contributed by atoms with Crippen LogP contribution < -0.4 is 4.74 Å². The van der Waals surface area contributed by atoms with Crippen molar-refractivity contribution >= 4 is 5.97 Å². The van der Waals surface area contributed by atoms with E-state index in [0.29, 0.717) is 297 Å². The molecule has 0 unspecified atom stereocenters. The zero-order valence-corrected chi connectivity index (χ0v) is 51.5. The molecule has 520 valence electrons. The highest BCUT2D eigenvalue weighted by Crippen LogP contribution is 2.26. The number of aliphatic hydroxyl groups is 1. The van der Waals surface area contributed by atoms with Crippen LogP contribution in [0.3, 0.4) is 0 Å². The third-order valence-electron chi connectivity index (χ3n) is 10.5. The van der Waals surface area contributed by atoms with Crippen molar-refractivity contribution in [3.63, 3.8) is 0 Å². The van der Waals surface area contributed by atoms with Gasteiger partial charge in [0.2, 0.25) is 17.4 Å². The van der Waals surface area contributed by atoms with Crippen LogP contribution in [0.2, 0.25) is 0 Å². The Balaban J connectivity index is 1.61. The van der Waals surface area contributed by atoms with Crippen molar-refractivity contribution in [2.45, 2.75) is 6.42 Å². The maximum absolute atomic E-state index is 13.6. The molecule has 0 saturated carbocycles. The molecule has 88 heavy (non-hydrogen) atoms. The van der Waals surface area contributed by atoms with Crippen LogP contribution in [-0.4, -0.2) is 335 Å². The molecule has 0 bridgehead atoms. The molecular formula is C57H102F4O27. The average Bonchev–Trinajstić information content (AvgIpc) is 1.58. The molecule has 0 aromatic heterocycles. The third kappa shape index (κ3) is 60.9. The average molecular weight is 1300 g/mol. The van der Waals surface area contributed by atoms with Crippen molar-refractivity contribution in [2.75, 3.05) is 324 Å². The maximum atomic E-state index is 13.6. The Morgan fingerprint density at radius 2 is 0.375 bits per heavy atom. The fraction of sp³-hybridized carbons (Fsp3) is 0.877. The predicted octanol–water partition coefficient (Wildman–Crippen LogP) is 1.93. The van der Waals surface area contributed by atoms with Crippen LogP contribution in [0, 0.1) is 23.3 Å². The topological polar surface area (TPSA) is 268 Å². The summed E-state index contributed by atoms with van der Waals surface area (Å²) in [6.45, 7) is 20.4. The highest BCUT2D eigenvalue weighted by atomic mass is 19.2. The van der Waals surface area contributed by atoms with Crippen LogP contribution in [0.25, 0.3) is 0 Å². The Kier molecular flexibility index (Phi) is 66.6. The lowest BCUT2D eigenvalue weighted by Gasteiger charge is -2.09. The minimum Gasteiger partial charge on any atom is -0.420 e. The van der Waals surface area contributed by atoms with Crippen molar-refractivity contribution in [2.24, 2.45) is 0 Å². The van der Waals surface area contributed by atoms with E-state index in [0.717, 1.165) is 0 Å². The molecule has 1 aromatic carbocycles. The molecule has 0 atom stereocenters. The van der Waals surface area contributed by atoms with Gasteiger partial charge >= 0.3 is 5.97 Å². The van der Waals surface area contributed by atoms with Gasteiger partial charge in [0, 0.05) is 6.07 Å². The SMILES string of the molecule is O=C(CCOCCOCCOCCOCCOCCOCCOCCOCCOCCOCCOCCOCCOCCOCCOCCOCCOCCOCCOCCOCCOCCOCCOCCOCCO)Oc1c(F)c(F)cc(F)c1F. The Labute approximate surface area is 515 Å². The van der Waals surface area contributed by atoms with Crippen LogP contribution in [0.5, 0.6) is 5.75 Å². The molecule has 27 nitrogen and oxygen atoms in total. The van der Waals surface area contributed by atoms with Crippen LogP contribution in [0.15, 0.2) is 6.07 Å². The van der Waals surface area contributed by atoms with Gasteiger partial charge in [0.15, 0.2) is 11.6 Å². The molecular weight excluding hydrogens is 1190 g/mol. The molecule has 0 spiro atoms. The number of carbonyl (C=O) groups is 1. The Hall–Kier alpha value is -2.59. The van der Waals surface area contributed by atoms with E-state index >= 15 is 0 Å². The molecule has 1 N–H and O–H groups in total. The minimum absolute atomic E-state index is 0.0129. The van der Waals surface area contributed by atoms with E-state index in [-0.39, 0.29) is 32.5 Å². The first kappa shape index (κ1) is 83.4. The number of esters is 1. The predicted molar refractivity (Wildman–Crippen MR) is 303 cm³/mol. The van der Waals surface area contributed by atoms with Gasteiger partial charge in [-0.25, -0.2) is 8.78 Å². The summed E-state index contributed by atoms with van der Waals surface area (Å²) in [5.41, 5.74) is 0. The van der Waals surface area contributed by atoms with E-state index in [1.807, 2.05) is 0 Å². The van der Waals surface area contributed by atoms with Crippen molar-refractivity contribution < 1.29 is 146 Å². The number of aliphatic hydroxyl groups excluding tert-OH is 1. The smallest absolute Gasteiger partial charge is 0.313 e. The number of carbonyl (C=O) groups excluding carboxylic acids is 1. The zero-order valence-electron chi connectivity index (χ0n) is 51.5. The van der Waals surface area contributed by atoms with Crippen LogP contribution in [-0.2, 0) is 118 Å². The second-order valence-electron chi connectivity index (χ2n) is 17.4. The van der Waals surface area contributed by atoms with Crippen LogP contribution in [0.4, 0.5) is 17.6 Å². The summed E-state index contributed by atoms with van der Waals surface area (Å²) in [7, 11) is 0. The highest BCUT2D eigenvalue weighted by molar-refractivity contribution is 5.72. The fourth-order valence-electron chi connectivity index (χ4n) is 6.19. The first-order valence-corrected chi connectivity index (χ1v) is 30.0. The van der Waals surface area contributed by atoms with E-state index in [4.69, 9.17) is 119 Å². The largest absolute Gasteiger partial charge is 0.420 e. The quantitative estimate of drug-likeness (QED) is 0.0321. The lowest BCUT2D eigenvalue weighted by atomic mass is 10.3. The van der Waals surface area contributed by atoms with Crippen LogP contribution >= 0.6 is 0 Å². The molecule has 0 heterocycles. The van der Waals surface area contributed by atoms with Crippen molar-refractivity contribution in [3.05, 3.63) is 29.3 Å². The number of benzene rings is 1. The van der Waals surface area contributed by atoms with Crippen LogP contribution in [0.1, 0.15) is 6.42 Å². The van der Waals surface area contributed by atoms with Gasteiger partial charge in [-0.2, -0.15) is 8.78 Å². The van der Waals surface area contributed by atoms with Gasteiger partial charge in [-0.1, -0.05) is 0 Å². The van der Waals surface area contributed by atoms with Crippen molar-refractivity contribution in [1.82, 2.24) is 0 Å². The Bertz CT molecular complexity index is 1570. The zero-order chi connectivity index (χ0) is 63.2. The summed E-state index contributed by atoms with van der Waals surface area (Å²) >= 11 is 0. The van der Waals surface area contributed by atoms with E-state index in [9.17, 15) is 22.4 Å². The van der Waals surface area contributed by atoms with Gasteiger partial charge < -0.3 is 124 Å². The third-order valence-corrected chi connectivity index (χ3v) is 10.5. The molecule has 1 rings (SSSR count). The van der Waals surface area contributed by atoms with Gasteiger partial charge in [0.1, 0.15) is 0 Å². The molecule has 0 saturated heterocycles. The molecule has 0 aliphatic rings. The number of halogens is 4. The second-order valence-corrected chi connectivity index (χ2v) is 17.4. The molecule has 1 aromatic rings. The molecule has 0 aliphatic carbocycles. The molecule has 0 radical (unpaired) electrons.